The Kier molecular flexibility index (Phi) is 10.9. The summed E-state index contributed by atoms with van der Waals surface area (Å²) in [4.78, 5) is 14.7. The molecule has 0 aliphatic heterocycles. The minimum absolute atomic E-state index is 0. The van der Waals surface area contributed by atoms with Crippen LogP contribution in [0, 0.1) is 31.7 Å². The van der Waals surface area contributed by atoms with Crippen LogP contribution < -0.4 is 0 Å². The molecule has 5 nitrogen and oxygen atoms in total. The number of hydrogen-bond acceptors (Lipinski definition) is 4. The van der Waals surface area contributed by atoms with E-state index in [9.17, 15) is 4.39 Å². The van der Waals surface area contributed by atoms with E-state index in [1.54, 1.807) is 12.3 Å². The molecule has 7 heteroatoms. The van der Waals surface area contributed by atoms with Gasteiger partial charge in [-0.3, -0.25) is 14.4 Å². The summed E-state index contributed by atoms with van der Waals surface area (Å²) in [5, 5.41) is 2.16. The molecule has 1 radical (unpaired) electrons. The van der Waals surface area contributed by atoms with Crippen LogP contribution in [0.4, 0.5) is 4.39 Å². The molecule has 5 aromatic carbocycles. The van der Waals surface area contributed by atoms with Crippen LogP contribution in [0.2, 0.25) is 0 Å². The van der Waals surface area contributed by atoms with Crippen molar-refractivity contribution >= 4 is 33.0 Å². The number of nitrogens with zero attached hydrogens (tertiary/aromatic N) is 4. The maximum absolute atomic E-state index is 14.1. The summed E-state index contributed by atoms with van der Waals surface area (Å²) in [6.45, 7) is 15.0. The van der Waals surface area contributed by atoms with Gasteiger partial charge in [0.05, 0.1) is 33.8 Å². The number of fused-ring (bicyclic) bond motifs is 4. The molecule has 4 heterocycles. The number of para-hydroxylation sites is 2. The summed E-state index contributed by atoms with van der Waals surface area (Å²) in [7, 11) is 0. The molecule has 0 saturated carbocycles. The van der Waals surface area contributed by atoms with Crippen molar-refractivity contribution in [3.8, 4) is 39.6 Å². The van der Waals surface area contributed by atoms with Gasteiger partial charge in [-0.15, -0.1) is 42.0 Å². The Bertz CT molecular complexity index is 3050. The summed E-state index contributed by atoms with van der Waals surface area (Å²) in [5.41, 5.74) is 12.7. The summed E-state index contributed by atoms with van der Waals surface area (Å²) in [6, 6.07) is 43.5. The maximum Gasteiger partial charge on any atom is 0.120 e. The van der Waals surface area contributed by atoms with Crippen LogP contribution in [0.5, 0.6) is 0 Å². The van der Waals surface area contributed by atoms with Crippen LogP contribution in [-0.2, 0) is 25.5 Å². The number of aromatic nitrogens is 4. The van der Waals surface area contributed by atoms with Gasteiger partial charge in [0.2, 0.25) is 0 Å². The Labute approximate surface area is 370 Å². The zero-order valence-corrected chi connectivity index (χ0v) is 37.5. The van der Waals surface area contributed by atoms with Crippen LogP contribution >= 0.6 is 0 Å². The minimum atomic E-state index is -2.33. The standard InChI is InChI=1S/C37H32N3O.C16H17FN.Ir/c1-22(2)26-16-11-17-27(23(3)4)35(26)40-34-24(5)38-31(25-13-7-6-8-14-25)21-32(34)39-37(40)30-19-12-18-29-28-15-9-10-20-33(28)41-36(29)30;1-11-5-7-13(14(17)9-11)15-8-6-12(10-18-15)16(2,3)4;/h6-18,20-23H,1-5H3;5-6,8-10H,1-4H3;/q2*-1;/i;1D3;. The van der Waals surface area contributed by atoms with Crippen molar-refractivity contribution in [3.05, 3.63) is 167 Å². The molecule has 0 saturated heterocycles. The molecule has 0 unspecified atom stereocenters. The van der Waals surface area contributed by atoms with Gasteiger partial charge in [0.15, 0.2) is 0 Å². The van der Waals surface area contributed by atoms with E-state index in [4.69, 9.17) is 18.5 Å². The molecule has 0 amide bonds. The molecule has 60 heavy (non-hydrogen) atoms. The zero-order chi connectivity index (χ0) is 44.1. The molecule has 305 valence electrons. The van der Waals surface area contributed by atoms with Crippen molar-refractivity contribution in [2.24, 2.45) is 0 Å². The fourth-order valence-electron chi connectivity index (χ4n) is 7.70. The number of hydrogen-bond donors (Lipinski definition) is 0. The monoisotopic (exact) mass is 972 g/mol. The molecule has 0 spiro atoms. The number of aryl methyl sites for hydroxylation is 2. The Hall–Kier alpha value is -5.75. The number of halogens is 1. The molecule has 0 atom stereocenters. The Morgan fingerprint density at radius 2 is 1.48 bits per heavy atom. The van der Waals surface area contributed by atoms with Crippen molar-refractivity contribution in [3.63, 3.8) is 0 Å². The average Bonchev–Trinajstić information content (AvgIpc) is 3.82. The van der Waals surface area contributed by atoms with Crippen molar-refractivity contribution in [1.29, 1.82) is 0 Å². The summed E-state index contributed by atoms with van der Waals surface area (Å²) < 4.78 is 44.7. The van der Waals surface area contributed by atoms with Crippen LogP contribution in [0.15, 0.2) is 126 Å². The maximum atomic E-state index is 14.1. The van der Waals surface area contributed by atoms with E-state index in [-0.39, 0.29) is 36.6 Å². The first kappa shape index (κ1) is 38.5. The second-order valence-electron chi connectivity index (χ2n) is 16.7. The van der Waals surface area contributed by atoms with E-state index >= 15 is 0 Å². The Morgan fingerprint density at radius 1 is 0.767 bits per heavy atom. The van der Waals surface area contributed by atoms with Gasteiger partial charge in [-0.2, -0.15) is 0 Å². The third kappa shape index (κ3) is 8.09. The van der Waals surface area contributed by atoms with E-state index in [1.807, 2.05) is 42.5 Å². The van der Waals surface area contributed by atoms with Crippen molar-refractivity contribution in [1.82, 2.24) is 19.5 Å². The van der Waals surface area contributed by atoms with Gasteiger partial charge in [-0.1, -0.05) is 151 Å². The molecular weight excluding hydrogens is 920 g/mol. The quantitative estimate of drug-likeness (QED) is 0.156. The third-order valence-electron chi connectivity index (χ3n) is 10.8. The summed E-state index contributed by atoms with van der Waals surface area (Å²) in [6.07, 6.45) is 1.71. The predicted molar refractivity (Wildman–Crippen MR) is 241 cm³/mol. The van der Waals surface area contributed by atoms with E-state index < -0.39 is 12.7 Å². The molecule has 0 aliphatic carbocycles. The molecule has 9 rings (SSSR count). The predicted octanol–water partition coefficient (Wildman–Crippen LogP) is 14.3. The second kappa shape index (κ2) is 17.1. The normalized spacial score (nSPS) is 12.6. The fraction of sp³-hybridized carbons (Fsp3) is 0.226. The van der Waals surface area contributed by atoms with Crippen LogP contribution in [0.1, 0.15) is 92.4 Å². The van der Waals surface area contributed by atoms with Gasteiger partial charge < -0.3 is 14.0 Å². The molecule has 0 fully saturated rings. The average molecular weight is 972 g/mol. The molecule has 0 N–H and O–H groups in total. The van der Waals surface area contributed by atoms with Gasteiger partial charge >= 0.3 is 0 Å². The van der Waals surface area contributed by atoms with E-state index in [0.29, 0.717) is 17.5 Å². The Morgan fingerprint density at radius 3 is 2.13 bits per heavy atom. The largest absolute Gasteiger partial charge is 0.501 e. The van der Waals surface area contributed by atoms with Crippen molar-refractivity contribution in [2.45, 2.75) is 79.5 Å². The van der Waals surface area contributed by atoms with Gasteiger partial charge in [0.1, 0.15) is 5.58 Å². The van der Waals surface area contributed by atoms with Crippen LogP contribution in [-0.4, -0.2) is 19.5 Å². The van der Waals surface area contributed by atoms with Gasteiger partial charge in [-0.05, 0) is 58.7 Å². The van der Waals surface area contributed by atoms with Crippen molar-refractivity contribution in [2.75, 3.05) is 0 Å². The number of pyridine rings is 2. The minimum Gasteiger partial charge on any atom is -0.501 e. The van der Waals surface area contributed by atoms with Gasteiger partial charge in [-0.25, -0.2) is 0 Å². The van der Waals surface area contributed by atoms with Crippen LogP contribution in [0.25, 0.3) is 72.6 Å². The second-order valence-corrected chi connectivity index (χ2v) is 16.7. The fourth-order valence-corrected chi connectivity index (χ4v) is 7.70. The van der Waals surface area contributed by atoms with Gasteiger partial charge in [0, 0.05) is 52.9 Å². The summed E-state index contributed by atoms with van der Waals surface area (Å²) >= 11 is 0. The number of benzene rings is 5. The third-order valence-corrected chi connectivity index (χ3v) is 10.8. The molecule has 0 bridgehead atoms. The molecule has 0 aliphatic rings. The van der Waals surface area contributed by atoms with Crippen molar-refractivity contribution < 1.29 is 33.0 Å². The first-order chi connectivity index (χ1) is 29.5. The van der Waals surface area contributed by atoms with E-state index in [1.165, 1.54) is 22.9 Å². The number of rotatable bonds is 6. The van der Waals surface area contributed by atoms with Gasteiger partial charge in [0.25, 0.3) is 0 Å². The van der Waals surface area contributed by atoms with Crippen LogP contribution in [0.3, 0.4) is 0 Å². The Balaban J connectivity index is 0.000000229. The molecule has 9 aromatic rings. The number of furan rings is 1. The number of imidazole rings is 1. The SMILES string of the molecule is Cc1nc(-c2ccccc2)cc2nc(-c3[c-]ccc4c3oc3ccccc34)n(-c3c(C(C)C)cccc3C(C)C)c12.[2H]C([2H])([2H])c1c[c-]c(-c2ccc(C(C)(C)C)cn2)c(F)c1.[Ir]. The molecule has 4 aromatic heterocycles. The zero-order valence-electron chi connectivity index (χ0n) is 38.1. The smallest absolute Gasteiger partial charge is 0.120 e. The molecular formula is C53H49FIrN4O-2. The van der Waals surface area contributed by atoms with E-state index in [0.717, 1.165) is 72.9 Å². The first-order valence-corrected chi connectivity index (χ1v) is 20.1. The summed E-state index contributed by atoms with van der Waals surface area (Å²) in [5.74, 6) is 0.822. The topological polar surface area (TPSA) is 56.7 Å². The first-order valence-electron chi connectivity index (χ1n) is 21.6. The van der Waals surface area contributed by atoms with E-state index in [2.05, 4.69) is 132 Å².